The van der Waals surface area contributed by atoms with E-state index in [2.05, 4.69) is 64.3 Å². The number of benzene rings is 1. The first-order valence-corrected chi connectivity index (χ1v) is 14.1. The van der Waals surface area contributed by atoms with Crippen molar-refractivity contribution in [3.05, 3.63) is 52.3 Å². The summed E-state index contributed by atoms with van der Waals surface area (Å²) in [6, 6.07) is 8.83. The lowest BCUT2D eigenvalue weighted by Gasteiger charge is -2.26. The molecular weight excluding hydrogens is 428 g/mol. The second kappa shape index (κ2) is 9.58. The summed E-state index contributed by atoms with van der Waals surface area (Å²) in [6.45, 7) is 16.4. The summed E-state index contributed by atoms with van der Waals surface area (Å²) in [7, 11) is -3.73. The van der Waals surface area contributed by atoms with Crippen LogP contribution in [-0.2, 0) is 40.2 Å². The third-order valence-corrected chi connectivity index (χ3v) is 8.30. The molecular formula is C28H44N2O2S. The minimum atomic E-state index is -3.73. The van der Waals surface area contributed by atoms with Crippen molar-refractivity contribution in [1.29, 1.82) is 0 Å². The number of nitrogens with zero attached hydrogens (tertiary/aromatic N) is 1. The largest absolute Gasteiger partial charge is 0.347 e. The second-order valence-corrected chi connectivity index (χ2v) is 13.7. The monoisotopic (exact) mass is 472 g/mol. The Morgan fingerprint density at radius 1 is 0.879 bits per heavy atom. The fourth-order valence-electron chi connectivity index (χ4n) is 5.03. The van der Waals surface area contributed by atoms with Gasteiger partial charge in [-0.05, 0) is 72.1 Å². The molecule has 2 aromatic rings. The fourth-order valence-corrected chi connectivity index (χ4v) is 5.86. The van der Waals surface area contributed by atoms with Gasteiger partial charge in [-0.25, -0.2) is 13.6 Å². The molecule has 184 valence electrons. The van der Waals surface area contributed by atoms with Gasteiger partial charge in [0.05, 0.1) is 0 Å². The Morgan fingerprint density at radius 3 is 1.91 bits per heavy atom. The van der Waals surface area contributed by atoms with Crippen molar-refractivity contribution in [2.45, 2.75) is 116 Å². The lowest BCUT2D eigenvalue weighted by Crippen LogP contribution is -2.18. The SMILES string of the molecule is Cc1c(S(N)(=O)=O)cc(CCc2cc(C(C)(C)C)cc(C(C)(C)C)c2)n1CC1CCCCC1. The standard InChI is InChI=1S/C28H44N2O2S/c1-20-26(33(29,31)32)18-25(30(20)19-21-11-9-8-10-12-21)14-13-22-15-23(27(2,3)4)17-24(16-22)28(5,6)7/h15-18,21H,8-14,19H2,1-7H3,(H2,29,31,32). The molecule has 0 amide bonds. The van der Waals surface area contributed by atoms with Crippen molar-refractivity contribution in [3.8, 4) is 0 Å². The van der Waals surface area contributed by atoms with Crippen molar-refractivity contribution >= 4 is 10.0 Å². The van der Waals surface area contributed by atoms with E-state index in [4.69, 9.17) is 5.14 Å². The molecule has 1 heterocycles. The van der Waals surface area contributed by atoms with Crippen LogP contribution in [0.3, 0.4) is 0 Å². The highest BCUT2D eigenvalue weighted by atomic mass is 32.2. The number of nitrogens with two attached hydrogens (primary N) is 1. The minimum Gasteiger partial charge on any atom is -0.347 e. The van der Waals surface area contributed by atoms with Crippen molar-refractivity contribution in [1.82, 2.24) is 4.57 Å². The van der Waals surface area contributed by atoms with E-state index in [0.29, 0.717) is 5.92 Å². The fraction of sp³-hybridized carbons (Fsp3) is 0.643. The van der Waals surface area contributed by atoms with Gasteiger partial charge in [-0.2, -0.15) is 0 Å². The summed E-state index contributed by atoms with van der Waals surface area (Å²) in [4.78, 5) is 0.284. The third-order valence-electron chi connectivity index (χ3n) is 7.27. The zero-order chi connectivity index (χ0) is 24.6. The second-order valence-electron chi connectivity index (χ2n) is 12.2. The van der Waals surface area contributed by atoms with Gasteiger partial charge in [-0.3, -0.25) is 0 Å². The van der Waals surface area contributed by atoms with Gasteiger partial charge in [0.25, 0.3) is 0 Å². The number of aromatic nitrogens is 1. The van der Waals surface area contributed by atoms with Crippen molar-refractivity contribution < 1.29 is 8.42 Å². The Balaban J connectivity index is 1.94. The van der Waals surface area contributed by atoms with Crippen LogP contribution >= 0.6 is 0 Å². The molecule has 5 heteroatoms. The van der Waals surface area contributed by atoms with E-state index < -0.39 is 10.0 Å². The average molecular weight is 473 g/mol. The van der Waals surface area contributed by atoms with Crippen LogP contribution < -0.4 is 5.14 Å². The lowest BCUT2D eigenvalue weighted by atomic mass is 9.79. The van der Waals surface area contributed by atoms with E-state index in [1.54, 1.807) is 0 Å². The van der Waals surface area contributed by atoms with E-state index in [0.717, 1.165) is 30.8 Å². The molecule has 3 rings (SSSR count). The molecule has 1 aromatic carbocycles. The van der Waals surface area contributed by atoms with Crippen LogP contribution in [0.2, 0.25) is 0 Å². The summed E-state index contributed by atoms with van der Waals surface area (Å²) in [6.07, 6.45) is 8.01. The maximum absolute atomic E-state index is 12.3. The molecule has 0 saturated heterocycles. The molecule has 1 fully saturated rings. The molecule has 0 unspecified atom stereocenters. The molecule has 1 aliphatic rings. The molecule has 0 atom stereocenters. The Kier molecular flexibility index (Phi) is 7.55. The number of rotatable bonds is 6. The van der Waals surface area contributed by atoms with Crippen molar-refractivity contribution in [2.75, 3.05) is 0 Å². The molecule has 1 aromatic heterocycles. The highest BCUT2D eigenvalue weighted by Gasteiger charge is 2.24. The molecule has 0 spiro atoms. The first-order chi connectivity index (χ1) is 15.2. The van der Waals surface area contributed by atoms with Gasteiger partial charge in [0.1, 0.15) is 4.90 Å². The van der Waals surface area contributed by atoms with Crippen LogP contribution in [0.15, 0.2) is 29.2 Å². The molecule has 0 radical (unpaired) electrons. The van der Waals surface area contributed by atoms with Crippen LogP contribution in [0.4, 0.5) is 0 Å². The zero-order valence-corrected chi connectivity index (χ0v) is 22.6. The molecule has 1 saturated carbocycles. The summed E-state index contributed by atoms with van der Waals surface area (Å²) in [5.74, 6) is 0.619. The first-order valence-electron chi connectivity index (χ1n) is 12.5. The number of aryl methyl sites for hydroxylation is 2. The highest BCUT2D eigenvalue weighted by molar-refractivity contribution is 7.89. The molecule has 2 N–H and O–H groups in total. The van der Waals surface area contributed by atoms with Gasteiger partial charge < -0.3 is 4.57 Å². The lowest BCUT2D eigenvalue weighted by molar-refractivity contribution is 0.314. The quantitative estimate of drug-likeness (QED) is 0.528. The molecule has 0 bridgehead atoms. The Labute approximate surface area is 202 Å². The summed E-state index contributed by atoms with van der Waals surface area (Å²) < 4.78 is 26.8. The molecule has 1 aliphatic carbocycles. The number of primary sulfonamides is 1. The normalized spacial score (nSPS) is 16.4. The first kappa shape index (κ1) is 26.0. The maximum atomic E-state index is 12.3. The summed E-state index contributed by atoms with van der Waals surface area (Å²) in [5, 5.41) is 5.57. The topological polar surface area (TPSA) is 65.1 Å². The Hall–Kier alpha value is -1.59. The van der Waals surface area contributed by atoms with Crippen molar-refractivity contribution in [2.24, 2.45) is 11.1 Å². The smallest absolute Gasteiger partial charge is 0.239 e. The average Bonchev–Trinajstić information content (AvgIpc) is 3.01. The van der Waals surface area contributed by atoms with E-state index in [1.807, 2.05) is 13.0 Å². The van der Waals surface area contributed by atoms with Gasteiger partial charge in [0.15, 0.2) is 0 Å². The van der Waals surface area contributed by atoms with E-state index in [9.17, 15) is 8.42 Å². The predicted molar refractivity (Wildman–Crippen MR) is 138 cm³/mol. The van der Waals surface area contributed by atoms with Crippen LogP contribution in [-0.4, -0.2) is 13.0 Å². The van der Waals surface area contributed by atoms with Gasteiger partial charge in [-0.1, -0.05) is 79.0 Å². The van der Waals surface area contributed by atoms with Gasteiger partial charge >= 0.3 is 0 Å². The minimum absolute atomic E-state index is 0.0780. The highest BCUT2D eigenvalue weighted by Crippen LogP contribution is 2.32. The maximum Gasteiger partial charge on any atom is 0.239 e. The van der Waals surface area contributed by atoms with Gasteiger partial charge in [0, 0.05) is 17.9 Å². The molecule has 4 nitrogen and oxygen atoms in total. The van der Waals surface area contributed by atoms with E-state index >= 15 is 0 Å². The zero-order valence-electron chi connectivity index (χ0n) is 21.8. The molecule has 0 aliphatic heterocycles. The van der Waals surface area contributed by atoms with Gasteiger partial charge in [0.2, 0.25) is 10.0 Å². The summed E-state index contributed by atoms with van der Waals surface area (Å²) in [5.41, 5.74) is 6.04. The summed E-state index contributed by atoms with van der Waals surface area (Å²) >= 11 is 0. The number of hydrogen-bond donors (Lipinski definition) is 1. The van der Waals surface area contributed by atoms with Crippen LogP contribution in [0.1, 0.15) is 102 Å². The Morgan fingerprint density at radius 2 is 1.42 bits per heavy atom. The van der Waals surface area contributed by atoms with Crippen LogP contribution in [0.5, 0.6) is 0 Å². The van der Waals surface area contributed by atoms with Gasteiger partial charge in [-0.15, -0.1) is 0 Å². The van der Waals surface area contributed by atoms with Crippen LogP contribution in [0, 0.1) is 12.8 Å². The Bertz CT molecular complexity index is 1040. The van der Waals surface area contributed by atoms with Crippen molar-refractivity contribution in [3.63, 3.8) is 0 Å². The predicted octanol–water partition coefficient (Wildman–Crippen LogP) is 6.40. The third kappa shape index (κ3) is 6.51. The van der Waals surface area contributed by atoms with E-state index in [1.165, 1.54) is 48.8 Å². The van der Waals surface area contributed by atoms with E-state index in [-0.39, 0.29) is 15.7 Å². The van der Waals surface area contributed by atoms with Crippen LogP contribution in [0.25, 0.3) is 0 Å². The number of hydrogen-bond acceptors (Lipinski definition) is 2. The number of sulfonamides is 1. The molecule has 33 heavy (non-hydrogen) atoms.